The molecule has 0 aliphatic carbocycles. The van der Waals surface area contributed by atoms with Gasteiger partial charge in [0.15, 0.2) is 0 Å². The minimum atomic E-state index is -1.09. The Morgan fingerprint density at radius 1 is 1.42 bits per heavy atom. The minimum absolute atomic E-state index is 0.122. The van der Waals surface area contributed by atoms with Gasteiger partial charge in [-0.2, -0.15) is 0 Å². The summed E-state index contributed by atoms with van der Waals surface area (Å²) in [6.45, 7) is 3.94. The van der Waals surface area contributed by atoms with Crippen molar-refractivity contribution in [2.75, 3.05) is 6.54 Å². The average Bonchev–Trinajstić information content (AvgIpc) is 2.75. The van der Waals surface area contributed by atoms with Gasteiger partial charge in [-0.3, -0.25) is 4.79 Å². The molecule has 1 saturated heterocycles. The second-order valence-corrected chi connectivity index (χ2v) is 5.27. The molecule has 104 valence electrons. The van der Waals surface area contributed by atoms with Gasteiger partial charge in [0.05, 0.1) is 6.42 Å². The van der Waals surface area contributed by atoms with Crippen LogP contribution in [0, 0.1) is 6.92 Å². The van der Waals surface area contributed by atoms with Crippen molar-refractivity contribution in [2.45, 2.75) is 45.1 Å². The molecule has 0 aromatic carbocycles. The number of aryl methyl sites for hydroxylation is 1. The molecule has 1 N–H and O–H groups in total. The van der Waals surface area contributed by atoms with Crippen LogP contribution in [0.2, 0.25) is 0 Å². The zero-order valence-electron chi connectivity index (χ0n) is 11.3. The van der Waals surface area contributed by atoms with E-state index in [9.17, 15) is 14.7 Å². The minimum Gasteiger partial charge on any atom is -0.480 e. The number of furan rings is 1. The number of carbonyl (C=O) groups excluding carboxylic acids is 1. The summed E-state index contributed by atoms with van der Waals surface area (Å²) < 4.78 is 5.38. The largest absolute Gasteiger partial charge is 0.480 e. The Kier molecular flexibility index (Phi) is 3.64. The lowest BCUT2D eigenvalue weighted by atomic mass is 9.88. The van der Waals surface area contributed by atoms with Crippen LogP contribution in [0.25, 0.3) is 0 Å². The van der Waals surface area contributed by atoms with Crippen LogP contribution in [0.15, 0.2) is 16.5 Å². The second kappa shape index (κ2) is 5.07. The molecule has 1 aliphatic heterocycles. The van der Waals surface area contributed by atoms with Crippen LogP contribution in [0.4, 0.5) is 0 Å². The lowest BCUT2D eigenvalue weighted by molar-refractivity contribution is -0.160. The van der Waals surface area contributed by atoms with E-state index in [1.807, 2.05) is 6.92 Å². The van der Waals surface area contributed by atoms with Crippen molar-refractivity contribution in [3.8, 4) is 0 Å². The van der Waals surface area contributed by atoms with Crippen molar-refractivity contribution in [3.05, 3.63) is 23.7 Å². The van der Waals surface area contributed by atoms with Gasteiger partial charge >= 0.3 is 5.97 Å². The number of hydrogen-bond acceptors (Lipinski definition) is 3. The first-order valence-electron chi connectivity index (χ1n) is 6.52. The Morgan fingerprint density at radius 3 is 2.74 bits per heavy atom. The highest BCUT2D eigenvalue weighted by molar-refractivity contribution is 5.87. The highest BCUT2D eigenvalue weighted by Gasteiger charge is 2.43. The molecule has 1 aliphatic rings. The topological polar surface area (TPSA) is 70.8 Å². The molecule has 1 amide bonds. The number of amides is 1. The molecule has 19 heavy (non-hydrogen) atoms. The van der Waals surface area contributed by atoms with E-state index in [0.29, 0.717) is 18.7 Å². The highest BCUT2D eigenvalue weighted by Crippen LogP contribution is 2.29. The number of hydrogen-bond donors (Lipinski definition) is 1. The Bertz CT molecular complexity index is 493. The molecule has 2 heterocycles. The monoisotopic (exact) mass is 265 g/mol. The average molecular weight is 265 g/mol. The second-order valence-electron chi connectivity index (χ2n) is 5.27. The van der Waals surface area contributed by atoms with E-state index in [-0.39, 0.29) is 12.3 Å². The Balaban J connectivity index is 2.14. The highest BCUT2D eigenvalue weighted by atomic mass is 16.4. The van der Waals surface area contributed by atoms with Crippen LogP contribution in [-0.4, -0.2) is 34.0 Å². The third-order valence-corrected chi connectivity index (χ3v) is 3.77. The van der Waals surface area contributed by atoms with E-state index in [1.54, 1.807) is 19.1 Å². The number of nitrogens with zero attached hydrogens (tertiary/aromatic N) is 1. The first-order valence-corrected chi connectivity index (χ1v) is 6.52. The fourth-order valence-corrected chi connectivity index (χ4v) is 2.57. The summed E-state index contributed by atoms with van der Waals surface area (Å²) in [5, 5.41) is 9.37. The first kappa shape index (κ1) is 13.6. The summed E-state index contributed by atoms with van der Waals surface area (Å²) in [6.07, 6.45) is 2.32. The molecule has 1 aromatic rings. The number of aliphatic carboxylic acids is 1. The van der Waals surface area contributed by atoms with E-state index in [0.717, 1.165) is 18.6 Å². The molecule has 0 spiro atoms. The molecule has 2 rings (SSSR count). The van der Waals surface area contributed by atoms with Crippen LogP contribution in [0.1, 0.15) is 37.7 Å². The Morgan fingerprint density at radius 2 is 2.16 bits per heavy atom. The number of piperidine rings is 1. The SMILES string of the molecule is Cc1ccc(CC(=O)N2CCCCC2(C)C(=O)O)o1. The fourth-order valence-electron chi connectivity index (χ4n) is 2.57. The summed E-state index contributed by atoms with van der Waals surface area (Å²) in [6, 6.07) is 3.56. The van der Waals surface area contributed by atoms with Gasteiger partial charge in [-0.05, 0) is 45.2 Å². The lowest BCUT2D eigenvalue weighted by Crippen LogP contribution is -2.57. The molecule has 1 unspecified atom stereocenters. The maximum absolute atomic E-state index is 12.3. The molecule has 0 saturated carbocycles. The molecule has 5 nitrogen and oxygen atoms in total. The van der Waals surface area contributed by atoms with Gasteiger partial charge in [-0.1, -0.05) is 0 Å². The molecule has 0 radical (unpaired) electrons. The van der Waals surface area contributed by atoms with Crippen molar-refractivity contribution in [3.63, 3.8) is 0 Å². The lowest BCUT2D eigenvalue weighted by Gasteiger charge is -2.41. The van der Waals surface area contributed by atoms with Crippen molar-refractivity contribution in [1.29, 1.82) is 0 Å². The zero-order valence-corrected chi connectivity index (χ0v) is 11.3. The van der Waals surface area contributed by atoms with E-state index in [4.69, 9.17) is 4.42 Å². The van der Waals surface area contributed by atoms with Crippen LogP contribution in [0.3, 0.4) is 0 Å². The maximum atomic E-state index is 12.3. The van der Waals surface area contributed by atoms with Gasteiger partial charge in [0.2, 0.25) is 5.91 Å². The van der Waals surface area contributed by atoms with Crippen molar-refractivity contribution in [1.82, 2.24) is 4.90 Å². The van der Waals surface area contributed by atoms with Gasteiger partial charge in [0.1, 0.15) is 17.1 Å². The maximum Gasteiger partial charge on any atom is 0.329 e. The van der Waals surface area contributed by atoms with Gasteiger partial charge in [0.25, 0.3) is 0 Å². The summed E-state index contributed by atoms with van der Waals surface area (Å²) >= 11 is 0. The summed E-state index contributed by atoms with van der Waals surface area (Å²) in [7, 11) is 0. The predicted molar refractivity (Wildman–Crippen MR) is 68.8 cm³/mol. The number of carbonyl (C=O) groups is 2. The standard InChI is InChI=1S/C14H19NO4/c1-10-5-6-11(19-10)9-12(16)15-8-4-3-7-14(15,2)13(17)18/h5-6H,3-4,7-9H2,1-2H3,(H,17,18). The molecule has 0 bridgehead atoms. The number of carboxylic acid groups (broad SMARTS) is 1. The molecule has 1 fully saturated rings. The quantitative estimate of drug-likeness (QED) is 0.907. The fraction of sp³-hybridized carbons (Fsp3) is 0.571. The summed E-state index contributed by atoms with van der Waals surface area (Å²) in [4.78, 5) is 25.2. The number of rotatable bonds is 3. The molecule has 5 heteroatoms. The van der Waals surface area contributed by atoms with Crippen LogP contribution in [-0.2, 0) is 16.0 Å². The number of likely N-dealkylation sites (tertiary alicyclic amines) is 1. The van der Waals surface area contributed by atoms with Gasteiger partial charge in [0, 0.05) is 6.54 Å². The molecular weight excluding hydrogens is 246 g/mol. The van der Waals surface area contributed by atoms with E-state index < -0.39 is 11.5 Å². The van der Waals surface area contributed by atoms with Gasteiger partial charge < -0.3 is 14.4 Å². The van der Waals surface area contributed by atoms with Crippen LogP contribution >= 0.6 is 0 Å². The smallest absolute Gasteiger partial charge is 0.329 e. The third-order valence-electron chi connectivity index (χ3n) is 3.77. The Hall–Kier alpha value is -1.78. The first-order chi connectivity index (χ1) is 8.93. The zero-order chi connectivity index (χ0) is 14.0. The van der Waals surface area contributed by atoms with E-state index >= 15 is 0 Å². The predicted octanol–water partition coefficient (Wildman–Crippen LogP) is 1.99. The molecular formula is C14H19NO4. The molecule has 1 atom stereocenters. The normalized spacial score (nSPS) is 23.4. The van der Waals surface area contributed by atoms with Crippen LogP contribution < -0.4 is 0 Å². The summed E-state index contributed by atoms with van der Waals surface area (Å²) in [5.74, 6) is 0.221. The Labute approximate surface area is 112 Å². The van der Waals surface area contributed by atoms with Crippen molar-refractivity contribution in [2.24, 2.45) is 0 Å². The van der Waals surface area contributed by atoms with Gasteiger partial charge in [-0.25, -0.2) is 4.79 Å². The van der Waals surface area contributed by atoms with Gasteiger partial charge in [-0.15, -0.1) is 0 Å². The number of carboxylic acids is 1. The van der Waals surface area contributed by atoms with Crippen LogP contribution in [0.5, 0.6) is 0 Å². The van der Waals surface area contributed by atoms with E-state index in [2.05, 4.69) is 0 Å². The summed E-state index contributed by atoms with van der Waals surface area (Å²) in [5.41, 5.74) is -1.09. The van der Waals surface area contributed by atoms with Crippen molar-refractivity contribution < 1.29 is 19.1 Å². The van der Waals surface area contributed by atoms with E-state index in [1.165, 1.54) is 4.90 Å². The third kappa shape index (κ3) is 2.64. The van der Waals surface area contributed by atoms with Crippen molar-refractivity contribution >= 4 is 11.9 Å². The molecule has 1 aromatic heterocycles.